The van der Waals surface area contributed by atoms with Crippen molar-refractivity contribution in [2.24, 2.45) is 0 Å². The number of nitrogen functional groups attached to an aromatic ring is 2. The highest BCUT2D eigenvalue weighted by Gasteiger charge is 2.54. The van der Waals surface area contributed by atoms with Crippen LogP contribution in [0.1, 0.15) is 59.8 Å². The van der Waals surface area contributed by atoms with Gasteiger partial charge in [-0.15, -0.1) is 0 Å². The van der Waals surface area contributed by atoms with Gasteiger partial charge in [-0.1, -0.05) is 18.2 Å². The molecular weight excluding hydrogens is 637 g/mol. The summed E-state index contributed by atoms with van der Waals surface area (Å²) < 4.78 is 43.8. The van der Waals surface area contributed by atoms with Crippen molar-refractivity contribution >= 4 is 42.6 Å². The van der Waals surface area contributed by atoms with Gasteiger partial charge in [0.05, 0.1) is 25.1 Å². The largest absolute Gasteiger partial charge is 0.463 e. The highest BCUT2D eigenvalue weighted by atomic mass is 31.2. The van der Waals surface area contributed by atoms with E-state index in [1.54, 1.807) is 45.9 Å². The number of carbonyl (C=O) groups excluding carboxylic acids is 2. The third-order valence-electron chi connectivity index (χ3n) is 7.10. The highest BCUT2D eigenvalue weighted by Crippen LogP contribution is 2.48. The maximum atomic E-state index is 14.3. The van der Waals surface area contributed by atoms with E-state index in [9.17, 15) is 24.4 Å². The number of aromatic nitrogens is 4. The second-order valence-electron chi connectivity index (χ2n) is 11.9. The van der Waals surface area contributed by atoms with Crippen LogP contribution in [0.3, 0.4) is 0 Å². The summed E-state index contributed by atoms with van der Waals surface area (Å²) in [5, 5.41) is 25.0. The number of hydrogen-bond acceptors (Lipinski definition) is 15. The number of aliphatic hydroxyl groups excluding tert-OH is 1. The molecule has 1 aromatic carbocycles. The number of ether oxygens (including phenoxy) is 3. The molecule has 0 unspecified atom stereocenters. The zero-order valence-corrected chi connectivity index (χ0v) is 27.9. The van der Waals surface area contributed by atoms with E-state index < -0.39 is 62.5 Å². The van der Waals surface area contributed by atoms with Crippen LogP contribution in [0.2, 0.25) is 0 Å². The lowest BCUT2D eigenvalue weighted by molar-refractivity contribution is -0.149. The van der Waals surface area contributed by atoms with Gasteiger partial charge in [-0.3, -0.25) is 18.7 Å². The Morgan fingerprint density at radius 1 is 1.13 bits per heavy atom. The van der Waals surface area contributed by atoms with Crippen LogP contribution in [0.15, 0.2) is 30.6 Å². The fourth-order valence-corrected chi connectivity index (χ4v) is 6.42. The number of anilines is 2. The molecule has 18 heteroatoms. The predicted molar refractivity (Wildman–Crippen MR) is 169 cm³/mol. The lowest BCUT2D eigenvalue weighted by Crippen LogP contribution is -2.44. The molecule has 47 heavy (non-hydrogen) atoms. The molecule has 1 saturated heterocycles. The Bertz CT molecular complexity index is 1630. The van der Waals surface area contributed by atoms with Gasteiger partial charge in [-0.05, 0) is 59.6 Å². The summed E-state index contributed by atoms with van der Waals surface area (Å²) in [6.07, 6.45) is -3.31. The van der Waals surface area contributed by atoms with E-state index in [1.807, 2.05) is 0 Å². The Kier molecular flexibility index (Phi) is 11.1. The zero-order chi connectivity index (χ0) is 34.7. The number of fused-ring (bicyclic) bond motifs is 1. The number of esters is 2. The first-order valence-electron chi connectivity index (χ1n) is 15.0. The van der Waals surface area contributed by atoms with E-state index >= 15 is 0 Å². The van der Waals surface area contributed by atoms with Gasteiger partial charge in [0.15, 0.2) is 17.7 Å². The molecule has 0 aliphatic carbocycles. The van der Waals surface area contributed by atoms with Gasteiger partial charge in [-0.2, -0.15) is 15.1 Å². The first kappa shape index (κ1) is 36.0. The van der Waals surface area contributed by atoms with Gasteiger partial charge in [-0.25, -0.2) is 9.55 Å². The van der Waals surface area contributed by atoms with Crippen molar-refractivity contribution in [3.63, 3.8) is 0 Å². The number of rotatable bonds is 14. The van der Waals surface area contributed by atoms with Gasteiger partial charge >= 0.3 is 19.7 Å². The number of nitrogens with one attached hydrogen (secondary N) is 1. The van der Waals surface area contributed by atoms with Crippen LogP contribution in [0.5, 0.6) is 5.75 Å². The van der Waals surface area contributed by atoms with Gasteiger partial charge in [0.1, 0.15) is 35.1 Å². The van der Waals surface area contributed by atoms with E-state index in [4.69, 9.17) is 34.7 Å². The van der Waals surface area contributed by atoms with E-state index in [0.717, 1.165) is 0 Å². The minimum absolute atomic E-state index is 0.00990. The van der Waals surface area contributed by atoms with Gasteiger partial charge in [0, 0.05) is 6.42 Å². The maximum Gasteiger partial charge on any atom is 0.459 e. The molecule has 1 aliphatic heterocycles. The van der Waals surface area contributed by atoms with Crippen LogP contribution in [-0.4, -0.2) is 84.3 Å². The topological polar surface area (TPSA) is 245 Å². The fourth-order valence-electron chi connectivity index (χ4n) is 4.88. The number of imidazole rings is 1. The lowest BCUT2D eigenvalue weighted by Gasteiger charge is -2.27. The Morgan fingerprint density at radius 3 is 2.49 bits per heavy atom. The number of nitrogens with two attached hydrogens (primary N) is 2. The summed E-state index contributed by atoms with van der Waals surface area (Å²) in [4.78, 5) is 37.0. The number of para-hydroxylation sites is 1. The molecular formula is C29H42N7O10P. The van der Waals surface area contributed by atoms with Crippen molar-refractivity contribution in [2.45, 2.75) is 96.7 Å². The van der Waals surface area contributed by atoms with Crippen molar-refractivity contribution < 1.29 is 47.6 Å². The van der Waals surface area contributed by atoms with Crippen molar-refractivity contribution in [3.05, 3.63) is 36.2 Å². The number of benzene rings is 1. The van der Waals surface area contributed by atoms with Crippen LogP contribution in [-0.2, 0) is 39.3 Å². The normalized spacial score (nSPS) is 23.1. The molecule has 0 amide bonds. The van der Waals surface area contributed by atoms with E-state index in [2.05, 4.69) is 20.0 Å². The molecule has 258 valence electrons. The predicted octanol–water partition coefficient (Wildman–Crippen LogP) is 2.02. The molecule has 0 spiro atoms. The van der Waals surface area contributed by atoms with Crippen LogP contribution < -0.4 is 21.1 Å². The van der Waals surface area contributed by atoms with E-state index in [0.29, 0.717) is 5.56 Å². The molecule has 6 atom stereocenters. The quantitative estimate of drug-likeness (QED) is 0.121. The summed E-state index contributed by atoms with van der Waals surface area (Å²) in [5.74, 6) is -1.15. The summed E-state index contributed by atoms with van der Waals surface area (Å²) in [7, 11) is -4.46. The van der Waals surface area contributed by atoms with Crippen molar-refractivity contribution in [1.82, 2.24) is 24.6 Å². The molecule has 0 bridgehead atoms. The van der Waals surface area contributed by atoms with Crippen molar-refractivity contribution in [3.8, 4) is 5.75 Å². The highest BCUT2D eigenvalue weighted by molar-refractivity contribution is 7.52. The number of hydrogen-bond donors (Lipinski definition) is 5. The van der Waals surface area contributed by atoms with Crippen molar-refractivity contribution in [1.29, 1.82) is 0 Å². The molecule has 2 aromatic heterocycles. The smallest absolute Gasteiger partial charge is 0.459 e. The third kappa shape index (κ3) is 8.54. The second kappa shape index (κ2) is 14.5. The van der Waals surface area contributed by atoms with Crippen LogP contribution in [0, 0.1) is 0 Å². The summed E-state index contributed by atoms with van der Waals surface area (Å²) in [6.45, 7) is 8.99. The van der Waals surface area contributed by atoms with E-state index in [1.165, 1.54) is 30.8 Å². The average Bonchev–Trinajstić information content (AvgIpc) is 3.48. The van der Waals surface area contributed by atoms with Crippen molar-refractivity contribution in [2.75, 3.05) is 18.1 Å². The molecule has 1 fully saturated rings. The molecule has 7 N–H and O–H groups in total. The minimum Gasteiger partial charge on any atom is -0.463 e. The number of nitrogens with zero attached hydrogens (tertiary/aromatic N) is 4. The Hall–Kier alpha value is -3.86. The minimum atomic E-state index is -4.46. The molecule has 0 saturated carbocycles. The van der Waals surface area contributed by atoms with Gasteiger partial charge < -0.3 is 40.4 Å². The van der Waals surface area contributed by atoms with E-state index in [-0.39, 0.29) is 47.6 Å². The number of aliphatic hydroxyl groups is 2. The number of carbonyl (C=O) groups is 2. The summed E-state index contributed by atoms with van der Waals surface area (Å²) in [6, 6.07) is 5.41. The molecule has 1 aliphatic rings. The molecule has 4 rings (SSSR count). The van der Waals surface area contributed by atoms with Gasteiger partial charge in [0.25, 0.3) is 0 Å². The Morgan fingerprint density at radius 2 is 1.81 bits per heavy atom. The Labute approximate surface area is 271 Å². The molecule has 3 aromatic rings. The van der Waals surface area contributed by atoms with Crippen LogP contribution in [0.25, 0.3) is 11.2 Å². The first-order valence-corrected chi connectivity index (χ1v) is 16.6. The summed E-state index contributed by atoms with van der Waals surface area (Å²) >= 11 is 0. The number of aryl methyl sites for hydroxylation is 1. The molecule has 3 heterocycles. The first-order chi connectivity index (χ1) is 22.0. The second-order valence-corrected chi connectivity index (χ2v) is 13.5. The molecule has 0 radical (unpaired) electrons. The lowest BCUT2D eigenvalue weighted by atomic mass is 9.96. The monoisotopic (exact) mass is 679 g/mol. The van der Waals surface area contributed by atoms with Crippen LogP contribution in [0.4, 0.5) is 11.8 Å². The average molecular weight is 680 g/mol. The maximum absolute atomic E-state index is 14.3. The van der Waals surface area contributed by atoms with Gasteiger partial charge in [0.2, 0.25) is 5.95 Å². The Balaban J connectivity index is 1.58. The zero-order valence-electron chi connectivity index (χ0n) is 27.0. The third-order valence-corrected chi connectivity index (χ3v) is 8.73. The van der Waals surface area contributed by atoms with Crippen LogP contribution >= 0.6 is 7.75 Å². The standard InChI is InChI=1S/C29H42N7O10P/c1-15(2)43-21(37)12-11-18-9-7-8-10-19(18)46-47(41,35-17(5)26(39)44-16(3)4)42-13-20-23(38)29(6,40)27(45-20)36-14-32-22-24(30)33-28(31)34-25(22)36/h7-10,14-17,20,23,27,38,40H,11-13H2,1-6H3,(H,35,41)(H4,30,31,33,34)/t17-,20+,23-,27+,29+,47-/m0/s1. The SMILES string of the molecule is CC(C)OC(=O)CCc1ccccc1O[P@](=O)(N[C@@H](C)C(=O)OC(C)C)OC[C@H]1O[C@@H](n2cnc3c(N)nc(N)nc32)[C@](C)(O)[C@H]1O. The molecule has 17 nitrogen and oxygen atoms in total. The summed E-state index contributed by atoms with van der Waals surface area (Å²) in [5.41, 5.74) is 10.6. The fraction of sp³-hybridized carbons (Fsp3) is 0.552.